The molecule has 3 rings (SSSR count). The highest BCUT2D eigenvalue weighted by Crippen LogP contribution is 2.31. The van der Waals surface area contributed by atoms with Crippen molar-refractivity contribution in [2.45, 2.75) is 39.9 Å². The van der Waals surface area contributed by atoms with Gasteiger partial charge in [0.05, 0.1) is 0 Å². The second-order valence-electron chi connectivity index (χ2n) is 5.93. The van der Waals surface area contributed by atoms with Crippen molar-refractivity contribution >= 4 is 5.69 Å². The molecular weight excluding hydrogens is 256 g/mol. The third-order valence-electron chi connectivity index (χ3n) is 4.16. The van der Waals surface area contributed by atoms with Crippen molar-refractivity contribution in [3.63, 3.8) is 0 Å². The van der Waals surface area contributed by atoms with E-state index in [0.29, 0.717) is 0 Å². The van der Waals surface area contributed by atoms with Gasteiger partial charge in [0.2, 0.25) is 0 Å². The Hall–Kier alpha value is -1.80. The molecule has 0 atom stereocenters. The van der Waals surface area contributed by atoms with E-state index in [-0.39, 0.29) is 0 Å². The Balaban J connectivity index is 1.82. The van der Waals surface area contributed by atoms with Crippen LogP contribution in [-0.4, -0.2) is 6.54 Å². The molecule has 0 radical (unpaired) electrons. The van der Waals surface area contributed by atoms with Gasteiger partial charge >= 0.3 is 0 Å². The third-order valence-corrected chi connectivity index (χ3v) is 4.16. The van der Waals surface area contributed by atoms with E-state index >= 15 is 0 Å². The number of hydrogen-bond acceptors (Lipinski definition) is 2. The van der Waals surface area contributed by atoms with Gasteiger partial charge in [-0.25, -0.2) is 0 Å². The highest BCUT2D eigenvalue weighted by atomic mass is 15.1. The first-order chi connectivity index (χ1) is 10.3. The molecule has 110 valence electrons. The lowest BCUT2D eigenvalue weighted by Crippen LogP contribution is -2.20. The molecule has 0 spiro atoms. The number of nitrogens with zero attached hydrogens (tertiary/aromatic N) is 1. The average molecular weight is 280 g/mol. The smallest absolute Gasteiger partial charge is 0.0436 e. The quantitative estimate of drug-likeness (QED) is 0.832. The lowest BCUT2D eigenvalue weighted by Gasteiger charge is -2.22. The Morgan fingerprint density at radius 3 is 2.43 bits per heavy atom. The minimum atomic E-state index is 0.956. The van der Waals surface area contributed by atoms with Crippen molar-refractivity contribution in [3.8, 4) is 0 Å². The Morgan fingerprint density at radius 2 is 1.76 bits per heavy atom. The van der Waals surface area contributed by atoms with E-state index < -0.39 is 0 Å². The minimum Gasteiger partial charge on any atom is -0.363 e. The Bertz CT molecular complexity index is 594. The van der Waals surface area contributed by atoms with Gasteiger partial charge in [-0.3, -0.25) is 0 Å². The van der Waals surface area contributed by atoms with Gasteiger partial charge in [0.15, 0.2) is 0 Å². The van der Waals surface area contributed by atoms with Crippen molar-refractivity contribution in [2.75, 3.05) is 11.4 Å². The fraction of sp³-hybridized carbons (Fsp3) is 0.368. The Kier molecular flexibility index (Phi) is 4.26. The van der Waals surface area contributed by atoms with Gasteiger partial charge in [-0.2, -0.15) is 0 Å². The Labute approximate surface area is 127 Å². The molecular formula is C19H24N2. The van der Waals surface area contributed by atoms with Crippen molar-refractivity contribution in [2.24, 2.45) is 0 Å². The third kappa shape index (κ3) is 3.11. The number of fused-ring (bicyclic) bond motifs is 1. The summed E-state index contributed by atoms with van der Waals surface area (Å²) in [6.45, 7) is 8.47. The van der Waals surface area contributed by atoms with Crippen molar-refractivity contribution in [3.05, 3.63) is 64.7 Å². The number of aryl methyl sites for hydroxylation is 1. The maximum Gasteiger partial charge on any atom is 0.0436 e. The topological polar surface area (TPSA) is 15.3 Å². The normalized spacial score (nSPS) is 13.5. The van der Waals surface area contributed by atoms with Gasteiger partial charge in [0.25, 0.3) is 0 Å². The lowest BCUT2D eigenvalue weighted by atomic mass is 10.1. The first-order valence-electron chi connectivity index (χ1n) is 7.90. The zero-order chi connectivity index (χ0) is 14.7. The largest absolute Gasteiger partial charge is 0.363 e. The summed E-state index contributed by atoms with van der Waals surface area (Å²) in [5.41, 5.74) is 7.05. The molecule has 21 heavy (non-hydrogen) atoms. The zero-order valence-corrected chi connectivity index (χ0v) is 13.0. The summed E-state index contributed by atoms with van der Waals surface area (Å²) in [4.78, 5) is 2.49. The molecule has 1 heterocycles. The van der Waals surface area contributed by atoms with E-state index in [1.165, 1.54) is 34.4 Å². The van der Waals surface area contributed by atoms with Crippen LogP contribution in [0.5, 0.6) is 0 Å². The SMILES string of the molecule is CCCNCc1cc(C)ccc1N1Cc2ccccc2C1. The molecule has 1 aliphatic heterocycles. The van der Waals surface area contributed by atoms with Crippen LogP contribution >= 0.6 is 0 Å². The maximum absolute atomic E-state index is 3.54. The molecule has 0 amide bonds. The molecule has 0 saturated heterocycles. The molecule has 2 aromatic carbocycles. The molecule has 0 unspecified atom stereocenters. The maximum atomic E-state index is 3.54. The molecule has 0 bridgehead atoms. The second kappa shape index (κ2) is 6.31. The summed E-state index contributed by atoms with van der Waals surface area (Å²) in [7, 11) is 0. The van der Waals surface area contributed by atoms with E-state index in [4.69, 9.17) is 0 Å². The molecule has 2 aromatic rings. The standard InChI is InChI=1S/C19H24N2/c1-3-10-20-12-18-11-15(2)8-9-19(18)21-13-16-6-4-5-7-17(16)14-21/h4-9,11,20H,3,10,12-14H2,1-2H3. The summed E-state index contributed by atoms with van der Waals surface area (Å²) in [6.07, 6.45) is 1.18. The van der Waals surface area contributed by atoms with Crippen molar-refractivity contribution < 1.29 is 0 Å². The first kappa shape index (κ1) is 14.2. The Morgan fingerprint density at radius 1 is 1.05 bits per heavy atom. The van der Waals surface area contributed by atoms with Gasteiger partial charge < -0.3 is 10.2 Å². The highest BCUT2D eigenvalue weighted by molar-refractivity contribution is 5.58. The molecule has 0 saturated carbocycles. The monoisotopic (exact) mass is 280 g/mol. The molecule has 1 N–H and O–H groups in total. The van der Waals surface area contributed by atoms with Crippen LogP contribution in [-0.2, 0) is 19.6 Å². The summed E-state index contributed by atoms with van der Waals surface area (Å²) in [6, 6.07) is 15.6. The van der Waals surface area contributed by atoms with E-state index in [0.717, 1.165) is 26.2 Å². The van der Waals surface area contributed by atoms with Crippen LogP contribution < -0.4 is 10.2 Å². The van der Waals surface area contributed by atoms with Crippen LogP contribution in [0, 0.1) is 6.92 Å². The second-order valence-corrected chi connectivity index (χ2v) is 5.93. The van der Waals surface area contributed by atoms with Gasteiger partial charge in [0, 0.05) is 25.3 Å². The zero-order valence-electron chi connectivity index (χ0n) is 13.0. The predicted octanol–water partition coefficient (Wildman–Crippen LogP) is 4.01. The van der Waals surface area contributed by atoms with Crippen molar-refractivity contribution in [1.82, 2.24) is 5.32 Å². The molecule has 0 aromatic heterocycles. The number of rotatable bonds is 5. The number of benzene rings is 2. The minimum absolute atomic E-state index is 0.956. The lowest BCUT2D eigenvalue weighted by molar-refractivity contribution is 0.672. The first-order valence-corrected chi connectivity index (χ1v) is 7.90. The van der Waals surface area contributed by atoms with Crippen LogP contribution in [0.1, 0.15) is 35.6 Å². The summed E-state index contributed by atoms with van der Waals surface area (Å²) in [5.74, 6) is 0. The van der Waals surface area contributed by atoms with Gasteiger partial charge in [-0.1, -0.05) is 48.9 Å². The van der Waals surface area contributed by atoms with Crippen LogP contribution in [0.3, 0.4) is 0 Å². The predicted molar refractivity (Wildman–Crippen MR) is 89.5 cm³/mol. The molecule has 2 nitrogen and oxygen atoms in total. The van der Waals surface area contributed by atoms with E-state index in [9.17, 15) is 0 Å². The van der Waals surface area contributed by atoms with E-state index in [1.54, 1.807) is 0 Å². The average Bonchev–Trinajstić information content (AvgIpc) is 2.91. The van der Waals surface area contributed by atoms with Crippen LogP contribution in [0.25, 0.3) is 0 Å². The fourth-order valence-corrected chi connectivity index (χ4v) is 3.07. The molecule has 2 heteroatoms. The van der Waals surface area contributed by atoms with Crippen LogP contribution in [0.4, 0.5) is 5.69 Å². The van der Waals surface area contributed by atoms with E-state index in [2.05, 4.69) is 66.5 Å². The van der Waals surface area contributed by atoms with Gasteiger partial charge in [-0.05, 0) is 42.6 Å². The fourth-order valence-electron chi connectivity index (χ4n) is 3.07. The van der Waals surface area contributed by atoms with Gasteiger partial charge in [0.1, 0.15) is 0 Å². The van der Waals surface area contributed by atoms with E-state index in [1.807, 2.05) is 0 Å². The molecule has 1 aliphatic rings. The molecule has 0 aliphatic carbocycles. The molecule has 0 fully saturated rings. The van der Waals surface area contributed by atoms with Crippen LogP contribution in [0.15, 0.2) is 42.5 Å². The number of anilines is 1. The summed E-state index contributed by atoms with van der Waals surface area (Å²) >= 11 is 0. The highest BCUT2D eigenvalue weighted by Gasteiger charge is 2.20. The summed E-state index contributed by atoms with van der Waals surface area (Å²) in [5, 5.41) is 3.54. The van der Waals surface area contributed by atoms with Crippen molar-refractivity contribution in [1.29, 1.82) is 0 Å². The number of nitrogens with one attached hydrogen (secondary N) is 1. The summed E-state index contributed by atoms with van der Waals surface area (Å²) < 4.78 is 0. The van der Waals surface area contributed by atoms with Gasteiger partial charge in [-0.15, -0.1) is 0 Å². The van der Waals surface area contributed by atoms with Crippen LogP contribution in [0.2, 0.25) is 0 Å². The number of hydrogen-bond donors (Lipinski definition) is 1.